The van der Waals surface area contributed by atoms with Crippen LogP contribution in [-0.2, 0) is 9.47 Å². The normalized spacial score (nSPS) is 7.68. The van der Waals surface area contributed by atoms with Gasteiger partial charge in [0, 0.05) is 37.7 Å². The summed E-state index contributed by atoms with van der Waals surface area (Å²) >= 11 is 16.9. The summed E-state index contributed by atoms with van der Waals surface area (Å²) in [5.74, 6) is 0. The topological polar surface area (TPSA) is 42.5 Å². The Balaban J connectivity index is -0.000000256. The van der Waals surface area contributed by atoms with Crippen molar-refractivity contribution in [2.45, 2.75) is 0 Å². The summed E-state index contributed by atoms with van der Waals surface area (Å²) in [6.07, 6.45) is 2.78. The second-order valence-corrected chi connectivity index (χ2v) is 4.85. The van der Waals surface area contributed by atoms with Crippen LogP contribution in [0.4, 0.5) is 0 Å². The number of hydrogen-bond acceptors (Lipinski definition) is 4. The van der Waals surface area contributed by atoms with Gasteiger partial charge in [0.05, 0.1) is 25.6 Å². The zero-order valence-electron chi connectivity index (χ0n) is 10.6. The average Bonchev–Trinajstić information content (AvgIpc) is 2.31. The first-order chi connectivity index (χ1) is 8.54. The van der Waals surface area contributed by atoms with Crippen molar-refractivity contribution in [1.29, 1.82) is 0 Å². The van der Waals surface area contributed by atoms with Crippen molar-refractivity contribution in [2.24, 2.45) is 0 Å². The van der Waals surface area contributed by atoms with Gasteiger partial charge in [0.2, 0.25) is 0 Å². The number of thiocarbonyl (C=S) groups is 2. The molecule has 0 heterocycles. The van der Waals surface area contributed by atoms with Crippen LogP contribution in [-0.4, -0.2) is 72.7 Å². The minimum Gasteiger partial charge on any atom is -0.500 e. The summed E-state index contributed by atoms with van der Waals surface area (Å²) in [5, 5.41) is 5.61. The quantitative estimate of drug-likeness (QED) is 0.172. The van der Waals surface area contributed by atoms with Gasteiger partial charge >= 0.3 is 0 Å². The first kappa shape index (κ1) is 24.8. The molecule has 0 saturated heterocycles. The molecule has 0 aromatic carbocycles. The molecule has 0 atom stereocenters. The van der Waals surface area contributed by atoms with E-state index in [0.29, 0.717) is 34.9 Å². The molecule has 0 aromatic heterocycles. The van der Waals surface area contributed by atoms with Crippen LogP contribution in [0.2, 0.25) is 0 Å². The Morgan fingerprint density at radius 2 is 1.26 bits per heavy atom. The predicted molar refractivity (Wildman–Crippen MR) is 97.2 cm³/mol. The third-order valence-electron chi connectivity index (χ3n) is 1.23. The molecule has 2 N–H and O–H groups in total. The van der Waals surface area contributed by atoms with Gasteiger partial charge in [-0.25, -0.2) is 0 Å². The van der Waals surface area contributed by atoms with Crippen LogP contribution in [0.25, 0.3) is 0 Å². The molecule has 0 rings (SSSR count). The molecule has 2 radical (unpaired) electrons. The Bertz CT molecular complexity index is 242. The molecule has 0 aliphatic rings. The fourth-order valence-electron chi connectivity index (χ4n) is 0.600. The van der Waals surface area contributed by atoms with Crippen molar-refractivity contribution in [3.05, 3.63) is 25.7 Å². The van der Waals surface area contributed by atoms with E-state index in [0.717, 1.165) is 0 Å². The number of nitrogens with one attached hydrogen (secondary N) is 2. The van der Waals surface area contributed by atoms with Crippen LogP contribution in [0.3, 0.4) is 0 Å². The zero-order valence-corrected chi connectivity index (χ0v) is 16.3. The molecule has 4 nitrogen and oxygen atoms in total. The molecule has 0 aliphatic heterocycles. The minimum atomic E-state index is 0. The number of ether oxygens (including phenoxy) is 2. The maximum atomic E-state index is 4.79. The molecule has 0 spiro atoms. The van der Waals surface area contributed by atoms with Gasteiger partial charge in [0.15, 0.2) is 0 Å². The summed E-state index contributed by atoms with van der Waals surface area (Å²) < 4.78 is 10.6. The molecule has 0 aromatic rings. The number of hydrogen-bond donors (Lipinski definition) is 4. The standard InChI is InChI=1S/2C5H9NOS2.Ca/c2*1-2-7-4-3-6-5(8)9;/h2*2H,1,3-4H2,(H2,6,8,9);. The van der Waals surface area contributed by atoms with Crippen molar-refractivity contribution < 1.29 is 9.47 Å². The van der Waals surface area contributed by atoms with Crippen LogP contribution in [0, 0.1) is 0 Å². The van der Waals surface area contributed by atoms with E-state index < -0.39 is 0 Å². The van der Waals surface area contributed by atoms with E-state index in [2.05, 4.69) is 73.5 Å². The fourth-order valence-corrected chi connectivity index (χ4v) is 1.03. The van der Waals surface area contributed by atoms with Gasteiger partial charge in [0.25, 0.3) is 0 Å². The molecule has 9 heteroatoms. The molecule has 19 heavy (non-hydrogen) atoms. The minimum absolute atomic E-state index is 0. The van der Waals surface area contributed by atoms with E-state index in [1.165, 1.54) is 12.5 Å². The summed E-state index contributed by atoms with van der Waals surface area (Å²) in [4.78, 5) is 0. The Labute approximate surface area is 166 Å². The third-order valence-corrected chi connectivity index (χ3v) is 1.83. The second kappa shape index (κ2) is 21.1. The van der Waals surface area contributed by atoms with Crippen LogP contribution >= 0.6 is 49.7 Å². The predicted octanol–water partition coefficient (Wildman–Crippen LogP) is 1.52. The summed E-state index contributed by atoms with van der Waals surface area (Å²) in [6, 6.07) is 0. The van der Waals surface area contributed by atoms with Gasteiger partial charge in [-0.3, -0.25) is 0 Å². The van der Waals surface area contributed by atoms with E-state index in [4.69, 9.17) is 9.47 Å². The molecule has 0 bridgehead atoms. The fraction of sp³-hybridized carbons (Fsp3) is 0.400. The van der Waals surface area contributed by atoms with Crippen LogP contribution in [0.15, 0.2) is 25.7 Å². The van der Waals surface area contributed by atoms with E-state index >= 15 is 0 Å². The second-order valence-electron chi connectivity index (χ2n) is 2.54. The van der Waals surface area contributed by atoms with Gasteiger partial charge in [-0.15, -0.1) is 25.3 Å². The van der Waals surface area contributed by atoms with Gasteiger partial charge in [-0.05, 0) is 0 Å². The number of rotatable bonds is 8. The van der Waals surface area contributed by atoms with E-state index in [1.807, 2.05) is 0 Å². The maximum Gasteiger partial charge on any atom is 0.130 e. The van der Waals surface area contributed by atoms with Gasteiger partial charge in [-0.1, -0.05) is 37.6 Å². The summed E-state index contributed by atoms with van der Waals surface area (Å²) in [7, 11) is 0. The maximum absolute atomic E-state index is 4.79. The SMILES string of the molecule is C=COCCNC(=S)S.C=COCCNC(=S)S.[Ca]. The molecular weight excluding hydrogens is 348 g/mol. The van der Waals surface area contributed by atoms with Crippen LogP contribution < -0.4 is 10.6 Å². The third kappa shape index (κ3) is 32.4. The Morgan fingerprint density at radius 1 is 0.947 bits per heavy atom. The van der Waals surface area contributed by atoms with Crippen molar-refractivity contribution in [3.8, 4) is 0 Å². The van der Waals surface area contributed by atoms with E-state index in [9.17, 15) is 0 Å². The molecule has 0 unspecified atom stereocenters. The van der Waals surface area contributed by atoms with Gasteiger partial charge in [-0.2, -0.15) is 0 Å². The van der Waals surface area contributed by atoms with Gasteiger partial charge in [0.1, 0.15) is 21.9 Å². The van der Waals surface area contributed by atoms with E-state index in [1.54, 1.807) is 0 Å². The average molecular weight is 367 g/mol. The Hall–Kier alpha value is 0.820. The zero-order chi connectivity index (χ0) is 14.2. The van der Waals surface area contributed by atoms with Crippen molar-refractivity contribution >= 4 is 96.1 Å². The largest absolute Gasteiger partial charge is 0.500 e. The van der Waals surface area contributed by atoms with E-state index in [-0.39, 0.29) is 37.7 Å². The molecule has 0 saturated carbocycles. The summed E-state index contributed by atoms with van der Waals surface area (Å²) in [6.45, 7) is 9.25. The molecule has 0 amide bonds. The number of thiol groups is 2. The first-order valence-electron chi connectivity index (χ1n) is 4.93. The summed E-state index contributed by atoms with van der Waals surface area (Å²) in [5.41, 5.74) is 0. The molecule has 0 fully saturated rings. The molecule has 0 aliphatic carbocycles. The first-order valence-corrected chi connectivity index (χ1v) is 6.64. The Morgan fingerprint density at radius 3 is 1.47 bits per heavy atom. The smallest absolute Gasteiger partial charge is 0.130 e. The molecule has 106 valence electrons. The van der Waals surface area contributed by atoms with Crippen LogP contribution in [0.5, 0.6) is 0 Å². The monoisotopic (exact) mass is 366 g/mol. The van der Waals surface area contributed by atoms with Crippen molar-refractivity contribution in [2.75, 3.05) is 26.3 Å². The molecular formula is C10H18CaN2O2S4. The van der Waals surface area contributed by atoms with Crippen molar-refractivity contribution in [3.63, 3.8) is 0 Å². The van der Waals surface area contributed by atoms with Crippen LogP contribution in [0.1, 0.15) is 0 Å². The Kier molecular flexibility index (Phi) is 27.6. The van der Waals surface area contributed by atoms with Gasteiger partial charge < -0.3 is 20.1 Å². The van der Waals surface area contributed by atoms with Crippen molar-refractivity contribution in [1.82, 2.24) is 10.6 Å².